The molecule has 1 aliphatic carbocycles. The van der Waals surface area contributed by atoms with Crippen molar-refractivity contribution in [3.05, 3.63) is 35.4 Å². The summed E-state index contributed by atoms with van der Waals surface area (Å²) in [4.78, 5) is 23.8. The van der Waals surface area contributed by atoms with Gasteiger partial charge in [0.25, 0.3) is 0 Å². The van der Waals surface area contributed by atoms with E-state index >= 15 is 0 Å². The van der Waals surface area contributed by atoms with E-state index < -0.39 is 17.7 Å². The van der Waals surface area contributed by atoms with E-state index in [4.69, 9.17) is 5.73 Å². The lowest BCUT2D eigenvalue weighted by Crippen LogP contribution is -2.45. The van der Waals surface area contributed by atoms with E-state index in [1.807, 2.05) is 0 Å². The van der Waals surface area contributed by atoms with Gasteiger partial charge in [0.1, 0.15) is 11.6 Å². The fourth-order valence-corrected chi connectivity index (χ4v) is 3.40. The molecule has 8 heteroatoms. The predicted molar refractivity (Wildman–Crippen MR) is 97.7 cm³/mol. The van der Waals surface area contributed by atoms with Gasteiger partial charge in [0.05, 0.1) is 12.5 Å². The SMILES string of the molecule is CC(=O)NC(CC(=O)NC1CCCCC1CN)c1ccc(F)cc1F.Cl. The molecular formula is C18H26ClF2N3O2. The monoisotopic (exact) mass is 389 g/mol. The van der Waals surface area contributed by atoms with Crippen LogP contribution in [0.1, 0.15) is 50.6 Å². The standard InChI is InChI=1S/C18H25F2N3O2.ClH/c1-11(24)22-17(14-7-6-13(19)8-15(14)20)9-18(25)23-16-5-3-2-4-12(16)10-21;/h6-8,12,16-17H,2-5,9-10,21H2,1H3,(H,22,24)(H,23,25);1H. The van der Waals surface area contributed by atoms with E-state index in [1.165, 1.54) is 13.0 Å². The molecule has 5 nitrogen and oxygen atoms in total. The minimum Gasteiger partial charge on any atom is -0.353 e. The van der Waals surface area contributed by atoms with Crippen LogP contribution in [-0.2, 0) is 9.59 Å². The topological polar surface area (TPSA) is 84.2 Å². The number of carbonyl (C=O) groups excluding carboxylic acids is 2. The molecule has 2 rings (SSSR count). The largest absolute Gasteiger partial charge is 0.353 e. The second-order valence-electron chi connectivity index (χ2n) is 6.58. The maximum Gasteiger partial charge on any atom is 0.222 e. The number of halogens is 3. The Kier molecular flexibility index (Phi) is 8.95. The van der Waals surface area contributed by atoms with Gasteiger partial charge in [0.15, 0.2) is 0 Å². The van der Waals surface area contributed by atoms with E-state index in [-0.39, 0.29) is 48.2 Å². The Morgan fingerprint density at radius 1 is 1.27 bits per heavy atom. The van der Waals surface area contributed by atoms with E-state index in [0.717, 1.165) is 37.8 Å². The van der Waals surface area contributed by atoms with Gasteiger partial charge >= 0.3 is 0 Å². The molecule has 0 radical (unpaired) electrons. The third-order valence-corrected chi connectivity index (χ3v) is 4.66. The molecule has 0 aliphatic heterocycles. The van der Waals surface area contributed by atoms with Crippen LogP contribution in [0, 0.1) is 17.6 Å². The summed E-state index contributed by atoms with van der Waals surface area (Å²) >= 11 is 0. The highest BCUT2D eigenvalue weighted by Gasteiger charge is 2.27. The van der Waals surface area contributed by atoms with Crippen LogP contribution in [0.2, 0.25) is 0 Å². The normalized spacial score (nSPS) is 20.6. The van der Waals surface area contributed by atoms with Gasteiger partial charge in [-0.1, -0.05) is 18.9 Å². The summed E-state index contributed by atoms with van der Waals surface area (Å²) in [6.45, 7) is 1.80. The maximum atomic E-state index is 14.0. The van der Waals surface area contributed by atoms with Crippen molar-refractivity contribution < 1.29 is 18.4 Å². The van der Waals surface area contributed by atoms with Gasteiger partial charge in [0.2, 0.25) is 11.8 Å². The fraction of sp³-hybridized carbons (Fsp3) is 0.556. The Morgan fingerprint density at radius 3 is 2.58 bits per heavy atom. The number of carbonyl (C=O) groups is 2. The van der Waals surface area contributed by atoms with E-state index in [9.17, 15) is 18.4 Å². The molecule has 1 aromatic carbocycles. The Morgan fingerprint density at radius 2 is 1.96 bits per heavy atom. The minimum atomic E-state index is -0.849. The molecule has 0 spiro atoms. The fourth-order valence-electron chi connectivity index (χ4n) is 3.40. The second-order valence-corrected chi connectivity index (χ2v) is 6.58. The summed E-state index contributed by atoms with van der Waals surface area (Å²) in [7, 11) is 0. The Labute approximate surface area is 158 Å². The van der Waals surface area contributed by atoms with Crippen molar-refractivity contribution in [3.63, 3.8) is 0 Å². The van der Waals surface area contributed by atoms with Crippen LogP contribution < -0.4 is 16.4 Å². The van der Waals surface area contributed by atoms with Gasteiger partial charge < -0.3 is 16.4 Å². The quantitative estimate of drug-likeness (QED) is 0.699. The molecule has 26 heavy (non-hydrogen) atoms. The molecule has 146 valence electrons. The van der Waals surface area contributed by atoms with Crippen LogP contribution in [0.15, 0.2) is 18.2 Å². The van der Waals surface area contributed by atoms with Gasteiger partial charge in [-0.25, -0.2) is 8.78 Å². The Hall–Kier alpha value is -1.73. The van der Waals surface area contributed by atoms with Gasteiger partial charge in [-0.05, 0) is 31.4 Å². The highest BCUT2D eigenvalue weighted by atomic mass is 35.5. The molecule has 3 unspecified atom stereocenters. The summed E-state index contributed by atoms with van der Waals surface area (Å²) in [5, 5.41) is 5.52. The number of hydrogen-bond donors (Lipinski definition) is 3. The first-order valence-corrected chi connectivity index (χ1v) is 8.62. The van der Waals surface area contributed by atoms with Crippen molar-refractivity contribution in [1.82, 2.24) is 10.6 Å². The molecule has 0 aromatic heterocycles. The lowest BCUT2D eigenvalue weighted by atomic mass is 9.84. The Balaban J connectivity index is 0.00000338. The van der Waals surface area contributed by atoms with Crippen molar-refractivity contribution in [3.8, 4) is 0 Å². The Bertz CT molecular complexity index is 630. The lowest BCUT2D eigenvalue weighted by Gasteiger charge is -2.31. The molecule has 1 aliphatic rings. The summed E-state index contributed by atoms with van der Waals surface area (Å²) in [5.41, 5.74) is 5.86. The average Bonchev–Trinajstić information content (AvgIpc) is 2.54. The average molecular weight is 390 g/mol. The van der Waals surface area contributed by atoms with Crippen molar-refractivity contribution in [2.75, 3.05) is 6.54 Å². The van der Waals surface area contributed by atoms with Crippen molar-refractivity contribution in [2.45, 2.75) is 51.1 Å². The first-order valence-electron chi connectivity index (χ1n) is 8.62. The molecule has 1 aromatic rings. The zero-order valence-electron chi connectivity index (χ0n) is 14.8. The third kappa shape index (κ3) is 6.21. The van der Waals surface area contributed by atoms with Crippen LogP contribution in [0.25, 0.3) is 0 Å². The highest BCUT2D eigenvalue weighted by Crippen LogP contribution is 2.25. The number of nitrogens with two attached hydrogens (primary N) is 1. The molecule has 0 heterocycles. The van der Waals surface area contributed by atoms with Gasteiger partial charge in [-0.3, -0.25) is 9.59 Å². The van der Waals surface area contributed by atoms with Crippen molar-refractivity contribution in [1.29, 1.82) is 0 Å². The first-order chi connectivity index (χ1) is 11.9. The predicted octanol–water partition coefficient (Wildman–Crippen LogP) is 2.59. The molecule has 1 saturated carbocycles. The highest BCUT2D eigenvalue weighted by molar-refractivity contribution is 5.85. The molecule has 4 N–H and O–H groups in total. The van der Waals surface area contributed by atoms with Crippen LogP contribution in [0.4, 0.5) is 8.78 Å². The van der Waals surface area contributed by atoms with E-state index in [2.05, 4.69) is 10.6 Å². The molecular weight excluding hydrogens is 364 g/mol. The van der Waals surface area contributed by atoms with Crippen LogP contribution in [0.3, 0.4) is 0 Å². The third-order valence-electron chi connectivity index (χ3n) is 4.66. The van der Waals surface area contributed by atoms with Gasteiger partial charge in [0, 0.05) is 24.6 Å². The summed E-state index contributed by atoms with van der Waals surface area (Å²) in [5.74, 6) is -1.93. The van der Waals surface area contributed by atoms with Gasteiger partial charge in [-0.15, -0.1) is 12.4 Å². The first kappa shape index (κ1) is 22.3. The van der Waals surface area contributed by atoms with Crippen LogP contribution >= 0.6 is 12.4 Å². The lowest BCUT2D eigenvalue weighted by molar-refractivity contribution is -0.123. The smallest absolute Gasteiger partial charge is 0.222 e. The van der Waals surface area contributed by atoms with Crippen molar-refractivity contribution >= 4 is 24.2 Å². The van der Waals surface area contributed by atoms with E-state index in [0.29, 0.717) is 6.54 Å². The second kappa shape index (κ2) is 10.4. The number of benzene rings is 1. The number of rotatable bonds is 6. The van der Waals surface area contributed by atoms with Crippen LogP contribution in [-0.4, -0.2) is 24.4 Å². The summed E-state index contributed by atoms with van der Waals surface area (Å²) in [6, 6.07) is 2.26. The maximum absolute atomic E-state index is 14.0. The summed E-state index contributed by atoms with van der Waals surface area (Å²) < 4.78 is 27.1. The van der Waals surface area contributed by atoms with E-state index in [1.54, 1.807) is 0 Å². The number of nitrogens with one attached hydrogen (secondary N) is 2. The van der Waals surface area contributed by atoms with Gasteiger partial charge in [-0.2, -0.15) is 0 Å². The molecule has 3 atom stereocenters. The van der Waals surface area contributed by atoms with Crippen molar-refractivity contribution in [2.24, 2.45) is 11.7 Å². The number of amides is 2. The number of hydrogen-bond acceptors (Lipinski definition) is 3. The zero-order chi connectivity index (χ0) is 18.4. The molecule has 2 amide bonds. The molecule has 1 fully saturated rings. The summed E-state index contributed by atoms with van der Waals surface area (Å²) in [6.07, 6.45) is 3.86. The molecule has 0 bridgehead atoms. The van der Waals surface area contributed by atoms with Crippen LogP contribution in [0.5, 0.6) is 0 Å². The molecule has 0 saturated heterocycles. The zero-order valence-corrected chi connectivity index (χ0v) is 15.6. The minimum absolute atomic E-state index is 0.